The summed E-state index contributed by atoms with van der Waals surface area (Å²) in [7, 11) is 3.03. The number of methoxy groups -OCH3 is 2. The monoisotopic (exact) mass is 366 g/mol. The van der Waals surface area contributed by atoms with Gasteiger partial charge in [-0.15, -0.1) is 13.2 Å². The molecule has 9 heteroatoms. The van der Waals surface area contributed by atoms with Crippen LogP contribution in [0.25, 0.3) is 22.8 Å². The quantitative estimate of drug-likeness (QED) is 0.670. The summed E-state index contributed by atoms with van der Waals surface area (Å²) in [6.07, 6.45) is -4.74. The van der Waals surface area contributed by atoms with E-state index in [2.05, 4.69) is 14.9 Å². The summed E-state index contributed by atoms with van der Waals surface area (Å²) >= 11 is 0. The van der Waals surface area contributed by atoms with Crippen LogP contribution >= 0.6 is 0 Å². The average molecular weight is 366 g/mol. The lowest BCUT2D eigenvalue weighted by atomic mass is 10.2. The average Bonchev–Trinajstić information content (AvgIpc) is 3.10. The second-order valence-electron chi connectivity index (χ2n) is 5.06. The van der Waals surface area contributed by atoms with Crippen LogP contribution in [0.15, 0.2) is 47.0 Å². The van der Waals surface area contributed by atoms with E-state index in [1.165, 1.54) is 38.5 Å². The standard InChI is InChI=1S/C17H13F3N2O4/c1-23-12-7-8-13(14(9-12)24-2)16-21-15(22-26-16)10-3-5-11(6-4-10)25-17(18,19)20/h3-9H,1-2H3. The smallest absolute Gasteiger partial charge is 0.497 e. The first-order valence-corrected chi connectivity index (χ1v) is 7.32. The van der Waals surface area contributed by atoms with E-state index in [4.69, 9.17) is 14.0 Å². The van der Waals surface area contributed by atoms with E-state index in [-0.39, 0.29) is 17.5 Å². The van der Waals surface area contributed by atoms with Crippen LogP contribution in [0, 0.1) is 0 Å². The zero-order valence-corrected chi connectivity index (χ0v) is 13.7. The Bertz CT molecular complexity index is 892. The van der Waals surface area contributed by atoms with Gasteiger partial charge in [0.25, 0.3) is 5.89 Å². The summed E-state index contributed by atoms with van der Waals surface area (Å²) in [5, 5.41) is 3.85. The molecular weight excluding hydrogens is 353 g/mol. The second kappa shape index (κ2) is 6.95. The fraction of sp³-hybridized carbons (Fsp3) is 0.176. The molecule has 0 spiro atoms. The maximum absolute atomic E-state index is 12.2. The molecule has 0 unspecified atom stereocenters. The molecule has 0 radical (unpaired) electrons. The Labute approximate surface area is 146 Å². The lowest BCUT2D eigenvalue weighted by Gasteiger charge is -2.08. The molecule has 3 aromatic rings. The van der Waals surface area contributed by atoms with Gasteiger partial charge in [0.05, 0.1) is 19.8 Å². The number of alkyl halides is 3. The van der Waals surface area contributed by atoms with Crippen molar-refractivity contribution in [2.45, 2.75) is 6.36 Å². The highest BCUT2D eigenvalue weighted by Crippen LogP contribution is 2.33. The van der Waals surface area contributed by atoms with Gasteiger partial charge in [0.2, 0.25) is 5.82 Å². The Hall–Kier alpha value is -3.23. The number of hydrogen-bond acceptors (Lipinski definition) is 6. The molecule has 0 aliphatic carbocycles. The van der Waals surface area contributed by atoms with Crippen molar-refractivity contribution >= 4 is 0 Å². The molecule has 6 nitrogen and oxygen atoms in total. The molecule has 3 rings (SSSR count). The summed E-state index contributed by atoms with van der Waals surface area (Å²) in [5.41, 5.74) is 1.03. The largest absolute Gasteiger partial charge is 0.573 e. The van der Waals surface area contributed by atoms with Crippen LogP contribution in [0.4, 0.5) is 13.2 Å². The van der Waals surface area contributed by atoms with Crippen molar-refractivity contribution in [2.75, 3.05) is 14.2 Å². The topological polar surface area (TPSA) is 66.6 Å². The molecule has 1 heterocycles. The predicted octanol–water partition coefficient (Wildman–Crippen LogP) is 4.32. The SMILES string of the molecule is COc1ccc(-c2nc(-c3ccc(OC(F)(F)F)cc3)no2)c(OC)c1. The Kier molecular flexibility index (Phi) is 4.70. The van der Waals surface area contributed by atoms with Crippen LogP contribution in [-0.2, 0) is 0 Å². The van der Waals surface area contributed by atoms with Gasteiger partial charge in [0.15, 0.2) is 0 Å². The number of ether oxygens (including phenoxy) is 3. The molecule has 0 saturated carbocycles. The van der Waals surface area contributed by atoms with Crippen LogP contribution in [0.3, 0.4) is 0 Å². The van der Waals surface area contributed by atoms with E-state index in [0.717, 1.165) is 0 Å². The summed E-state index contributed by atoms with van der Waals surface area (Å²) in [6, 6.07) is 10.2. The summed E-state index contributed by atoms with van der Waals surface area (Å²) in [6.45, 7) is 0. The fourth-order valence-electron chi connectivity index (χ4n) is 2.23. The molecule has 0 saturated heterocycles. The minimum atomic E-state index is -4.74. The highest BCUT2D eigenvalue weighted by Gasteiger charge is 2.31. The van der Waals surface area contributed by atoms with Gasteiger partial charge in [-0.2, -0.15) is 4.98 Å². The molecule has 0 amide bonds. The van der Waals surface area contributed by atoms with Crippen molar-refractivity contribution in [3.63, 3.8) is 0 Å². The number of nitrogens with zero attached hydrogens (tertiary/aromatic N) is 2. The normalized spacial score (nSPS) is 11.3. The Morgan fingerprint density at radius 1 is 0.923 bits per heavy atom. The molecule has 26 heavy (non-hydrogen) atoms. The van der Waals surface area contributed by atoms with Crippen LogP contribution < -0.4 is 14.2 Å². The minimum Gasteiger partial charge on any atom is -0.497 e. The number of aromatic nitrogens is 2. The second-order valence-corrected chi connectivity index (χ2v) is 5.06. The third kappa shape index (κ3) is 3.88. The zero-order chi connectivity index (χ0) is 18.7. The van der Waals surface area contributed by atoms with Crippen LogP contribution in [0.1, 0.15) is 0 Å². The molecule has 0 fully saturated rings. The highest BCUT2D eigenvalue weighted by atomic mass is 19.4. The van der Waals surface area contributed by atoms with Gasteiger partial charge in [-0.3, -0.25) is 0 Å². The van der Waals surface area contributed by atoms with Gasteiger partial charge in [0, 0.05) is 11.6 Å². The number of benzene rings is 2. The van der Waals surface area contributed by atoms with Gasteiger partial charge in [0.1, 0.15) is 17.2 Å². The summed E-state index contributed by atoms with van der Waals surface area (Å²) < 4.78 is 56.1. The van der Waals surface area contributed by atoms with Gasteiger partial charge in [-0.25, -0.2) is 0 Å². The van der Waals surface area contributed by atoms with Crippen molar-refractivity contribution < 1.29 is 31.9 Å². The van der Waals surface area contributed by atoms with Gasteiger partial charge in [-0.05, 0) is 36.4 Å². The molecule has 2 aromatic carbocycles. The van der Waals surface area contributed by atoms with Crippen molar-refractivity contribution in [2.24, 2.45) is 0 Å². The van der Waals surface area contributed by atoms with Crippen LogP contribution in [0.2, 0.25) is 0 Å². The molecule has 136 valence electrons. The van der Waals surface area contributed by atoms with Crippen molar-refractivity contribution in [3.05, 3.63) is 42.5 Å². The zero-order valence-electron chi connectivity index (χ0n) is 13.7. The van der Waals surface area contributed by atoms with Crippen molar-refractivity contribution in [1.82, 2.24) is 10.1 Å². The van der Waals surface area contributed by atoms with Crippen LogP contribution in [0.5, 0.6) is 17.2 Å². The third-order valence-electron chi connectivity index (χ3n) is 3.41. The first-order valence-electron chi connectivity index (χ1n) is 7.32. The molecule has 0 bridgehead atoms. The van der Waals surface area contributed by atoms with Crippen LogP contribution in [-0.4, -0.2) is 30.7 Å². The maximum Gasteiger partial charge on any atom is 0.573 e. The van der Waals surface area contributed by atoms with E-state index in [1.54, 1.807) is 18.2 Å². The molecule has 0 aliphatic heterocycles. The summed E-state index contributed by atoms with van der Waals surface area (Å²) in [4.78, 5) is 4.26. The molecular formula is C17H13F3N2O4. The van der Waals surface area contributed by atoms with Gasteiger partial charge < -0.3 is 18.7 Å². The molecule has 0 atom stereocenters. The first-order chi connectivity index (χ1) is 12.4. The molecule has 0 N–H and O–H groups in total. The molecule has 0 aliphatic rings. The van der Waals surface area contributed by atoms with E-state index >= 15 is 0 Å². The van der Waals surface area contributed by atoms with Gasteiger partial charge in [-0.1, -0.05) is 5.16 Å². The fourth-order valence-corrected chi connectivity index (χ4v) is 2.23. The van der Waals surface area contributed by atoms with E-state index in [0.29, 0.717) is 22.6 Å². The lowest BCUT2D eigenvalue weighted by molar-refractivity contribution is -0.274. The highest BCUT2D eigenvalue weighted by molar-refractivity contribution is 5.66. The maximum atomic E-state index is 12.2. The summed E-state index contributed by atoms with van der Waals surface area (Å²) in [5.74, 6) is 1.17. The van der Waals surface area contributed by atoms with E-state index in [9.17, 15) is 13.2 Å². The number of halogens is 3. The van der Waals surface area contributed by atoms with Crippen molar-refractivity contribution in [1.29, 1.82) is 0 Å². The number of rotatable bonds is 5. The minimum absolute atomic E-state index is 0.204. The predicted molar refractivity (Wildman–Crippen MR) is 85.0 cm³/mol. The Balaban J connectivity index is 1.86. The van der Waals surface area contributed by atoms with Crippen molar-refractivity contribution in [3.8, 4) is 40.1 Å². The lowest BCUT2D eigenvalue weighted by Crippen LogP contribution is -2.16. The Morgan fingerprint density at radius 3 is 2.23 bits per heavy atom. The number of hydrogen-bond donors (Lipinski definition) is 0. The van der Waals surface area contributed by atoms with E-state index in [1.807, 2.05) is 0 Å². The molecule has 1 aromatic heterocycles. The Morgan fingerprint density at radius 2 is 1.62 bits per heavy atom. The van der Waals surface area contributed by atoms with E-state index < -0.39 is 6.36 Å². The third-order valence-corrected chi connectivity index (χ3v) is 3.41. The first kappa shape index (κ1) is 17.6. The van der Waals surface area contributed by atoms with Gasteiger partial charge >= 0.3 is 6.36 Å².